The zero-order valence-electron chi connectivity index (χ0n) is 15.7. The van der Waals surface area contributed by atoms with Gasteiger partial charge in [0.15, 0.2) is 0 Å². The van der Waals surface area contributed by atoms with Gasteiger partial charge in [-0.3, -0.25) is 4.79 Å². The second-order valence-corrected chi connectivity index (χ2v) is 6.51. The molecule has 27 heavy (non-hydrogen) atoms. The number of hydrogen-bond acceptors (Lipinski definition) is 3. The van der Waals surface area contributed by atoms with Crippen molar-refractivity contribution >= 4 is 11.6 Å². The predicted molar refractivity (Wildman–Crippen MR) is 110 cm³/mol. The molecule has 0 fully saturated rings. The van der Waals surface area contributed by atoms with Gasteiger partial charge in [-0.15, -0.1) is 0 Å². The molecular weight excluding hydrogens is 336 g/mol. The number of ether oxygens (including phenoxy) is 1. The van der Waals surface area contributed by atoms with Crippen molar-refractivity contribution < 1.29 is 9.53 Å². The maximum absolute atomic E-state index is 12.3. The number of benzene rings is 3. The van der Waals surface area contributed by atoms with Crippen molar-refractivity contribution in [1.29, 1.82) is 0 Å². The van der Waals surface area contributed by atoms with Gasteiger partial charge in [-0.05, 0) is 60.5 Å². The first-order valence-electron chi connectivity index (χ1n) is 8.99. The number of nitrogens with one attached hydrogen (secondary N) is 1. The number of anilines is 1. The Morgan fingerprint density at radius 2 is 1.48 bits per heavy atom. The highest BCUT2D eigenvalue weighted by Crippen LogP contribution is 2.21. The first-order valence-corrected chi connectivity index (χ1v) is 8.99. The van der Waals surface area contributed by atoms with E-state index in [1.807, 2.05) is 56.6 Å². The van der Waals surface area contributed by atoms with Crippen LogP contribution in [0.1, 0.15) is 15.9 Å². The van der Waals surface area contributed by atoms with Gasteiger partial charge in [0, 0.05) is 31.9 Å². The predicted octanol–water partition coefficient (Wildman–Crippen LogP) is 4.52. The monoisotopic (exact) mass is 360 g/mol. The Labute approximate surface area is 160 Å². The molecule has 0 aromatic heterocycles. The van der Waals surface area contributed by atoms with Crippen LogP contribution in [0.25, 0.3) is 0 Å². The van der Waals surface area contributed by atoms with Gasteiger partial charge >= 0.3 is 0 Å². The third-order valence-electron chi connectivity index (χ3n) is 4.25. The topological polar surface area (TPSA) is 41.6 Å². The van der Waals surface area contributed by atoms with Crippen LogP contribution in [0.2, 0.25) is 0 Å². The molecule has 0 bridgehead atoms. The molecule has 0 radical (unpaired) electrons. The minimum absolute atomic E-state index is 0.0776. The summed E-state index contributed by atoms with van der Waals surface area (Å²) in [6, 6.07) is 25.1. The molecule has 4 heteroatoms. The van der Waals surface area contributed by atoms with E-state index >= 15 is 0 Å². The molecule has 3 aromatic rings. The molecule has 0 aliphatic heterocycles. The first kappa shape index (κ1) is 18.5. The Bertz CT molecular complexity index is 857. The van der Waals surface area contributed by atoms with E-state index in [1.54, 1.807) is 12.1 Å². The van der Waals surface area contributed by atoms with Crippen molar-refractivity contribution in [2.24, 2.45) is 0 Å². The number of nitrogens with zero attached hydrogens (tertiary/aromatic N) is 1. The van der Waals surface area contributed by atoms with E-state index in [0.717, 1.165) is 12.2 Å². The smallest absolute Gasteiger partial charge is 0.251 e. The lowest BCUT2D eigenvalue weighted by Crippen LogP contribution is -2.25. The zero-order chi connectivity index (χ0) is 19.1. The quantitative estimate of drug-likeness (QED) is 0.674. The minimum atomic E-state index is -0.0776. The molecule has 3 aromatic carbocycles. The highest BCUT2D eigenvalue weighted by molar-refractivity contribution is 5.94. The van der Waals surface area contributed by atoms with Crippen molar-refractivity contribution in [3.8, 4) is 11.5 Å². The van der Waals surface area contributed by atoms with Crippen molar-refractivity contribution in [2.75, 3.05) is 25.5 Å². The van der Waals surface area contributed by atoms with Gasteiger partial charge in [0.05, 0.1) is 0 Å². The van der Waals surface area contributed by atoms with Crippen LogP contribution in [-0.2, 0) is 6.42 Å². The van der Waals surface area contributed by atoms with E-state index in [-0.39, 0.29) is 5.91 Å². The molecule has 0 unspecified atom stereocenters. The molecule has 0 heterocycles. The third-order valence-corrected chi connectivity index (χ3v) is 4.25. The van der Waals surface area contributed by atoms with Gasteiger partial charge in [-0.1, -0.05) is 30.3 Å². The Balaban J connectivity index is 1.49. The van der Waals surface area contributed by atoms with Gasteiger partial charge in [-0.2, -0.15) is 0 Å². The number of carbonyl (C=O) groups is 1. The van der Waals surface area contributed by atoms with Gasteiger partial charge in [0.1, 0.15) is 11.5 Å². The molecule has 1 amide bonds. The first-order chi connectivity index (χ1) is 13.1. The molecule has 138 valence electrons. The largest absolute Gasteiger partial charge is 0.457 e. The molecule has 1 N–H and O–H groups in total. The molecule has 4 nitrogen and oxygen atoms in total. The number of carbonyl (C=O) groups excluding carboxylic acids is 1. The Kier molecular flexibility index (Phi) is 6.10. The lowest BCUT2D eigenvalue weighted by Gasteiger charge is -2.12. The van der Waals surface area contributed by atoms with E-state index < -0.39 is 0 Å². The Morgan fingerprint density at radius 3 is 2.11 bits per heavy atom. The summed E-state index contributed by atoms with van der Waals surface area (Å²) in [5.74, 6) is 1.40. The minimum Gasteiger partial charge on any atom is -0.457 e. The second-order valence-electron chi connectivity index (χ2n) is 6.51. The van der Waals surface area contributed by atoms with Gasteiger partial charge in [0.2, 0.25) is 0 Å². The van der Waals surface area contributed by atoms with Crippen LogP contribution in [0.3, 0.4) is 0 Å². The average Bonchev–Trinajstić information content (AvgIpc) is 2.69. The van der Waals surface area contributed by atoms with E-state index in [1.165, 1.54) is 11.3 Å². The van der Waals surface area contributed by atoms with Crippen LogP contribution in [0.5, 0.6) is 11.5 Å². The van der Waals surface area contributed by atoms with Gasteiger partial charge in [-0.25, -0.2) is 0 Å². The second kappa shape index (κ2) is 8.90. The number of hydrogen-bond donors (Lipinski definition) is 1. The molecule has 0 atom stereocenters. The summed E-state index contributed by atoms with van der Waals surface area (Å²) < 4.78 is 5.74. The summed E-state index contributed by atoms with van der Waals surface area (Å²) in [6.07, 6.45) is 0.800. The molecule has 0 saturated heterocycles. The fourth-order valence-corrected chi connectivity index (χ4v) is 2.68. The number of amides is 1. The summed E-state index contributed by atoms with van der Waals surface area (Å²) in [5, 5.41) is 2.96. The fourth-order valence-electron chi connectivity index (χ4n) is 2.68. The fraction of sp³-hybridized carbons (Fsp3) is 0.174. The van der Waals surface area contributed by atoms with Gasteiger partial charge < -0.3 is 15.0 Å². The molecule has 0 aliphatic rings. The van der Waals surface area contributed by atoms with Crippen LogP contribution in [0, 0.1) is 0 Å². The summed E-state index contributed by atoms with van der Waals surface area (Å²) in [5.41, 5.74) is 2.99. The third kappa shape index (κ3) is 5.35. The normalized spacial score (nSPS) is 10.3. The highest BCUT2D eigenvalue weighted by Gasteiger charge is 2.06. The van der Waals surface area contributed by atoms with Gasteiger partial charge in [0.25, 0.3) is 5.91 Å². The van der Waals surface area contributed by atoms with E-state index in [4.69, 9.17) is 4.74 Å². The average molecular weight is 360 g/mol. The number of para-hydroxylation sites is 1. The van der Waals surface area contributed by atoms with E-state index in [2.05, 4.69) is 34.5 Å². The molecular formula is C23H24N2O2. The van der Waals surface area contributed by atoms with E-state index in [9.17, 15) is 4.79 Å². The van der Waals surface area contributed by atoms with E-state index in [0.29, 0.717) is 17.9 Å². The maximum atomic E-state index is 12.3. The van der Waals surface area contributed by atoms with Crippen LogP contribution in [-0.4, -0.2) is 26.5 Å². The summed E-state index contributed by atoms with van der Waals surface area (Å²) in [6.45, 7) is 0.600. The standard InChI is InChI=1S/C23H24N2O2/c1-25(2)20-12-8-18(9-13-20)16-17-24-23(26)19-10-14-22(15-11-19)27-21-6-4-3-5-7-21/h3-15H,16-17H2,1-2H3,(H,24,26). The lowest BCUT2D eigenvalue weighted by atomic mass is 10.1. The summed E-state index contributed by atoms with van der Waals surface area (Å²) in [7, 11) is 4.04. The zero-order valence-corrected chi connectivity index (χ0v) is 15.7. The molecule has 0 aliphatic carbocycles. The maximum Gasteiger partial charge on any atom is 0.251 e. The molecule has 0 spiro atoms. The lowest BCUT2D eigenvalue weighted by molar-refractivity contribution is 0.0954. The Morgan fingerprint density at radius 1 is 0.852 bits per heavy atom. The summed E-state index contributed by atoms with van der Waals surface area (Å²) in [4.78, 5) is 14.4. The van der Waals surface area contributed by atoms with Crippen molar-refractivity contribution in [2.45, 2.75) is 6.42 Å². The molecule has 3 rings (SSSR count). The highest BCUT2D eigenvalue weighted by atomic mass is 16.5. The van der Waals surface area contributed by atoms with Crippen molar-refractivity contribution in [1.82, 2.24) is 5.32 Å². The number of rotatable bonds is 7. The van der Waals surface area contributed by atoms with Crippen molar-refractivity contribution in [3.05, 3.63) is 90.0 Å². The van der Waals surface area contributed by atoms with Crippen LogP contribution in [0.4, 0.5) is 5.69 Å². The molecule has 0 saturated carbocycles. The SMILES string of the molecule is CN(C)c1ccc(CCNC(=O)c2ccc(Oc3ccccc3)cc2)cc1. The van der Waals surface area contributed by atoms with Crippen LogP contribution in [0.15, 0.2) is 78.9 Å². The van der Waals surface area contributed by atoms with Crippen LogP contribution < -0.4 is 15.0 Å². The van der Waals surface area contributed by atoms with Crippen LogP contribution >= 0.6 is 0 Å². The van der Waals surface area contributed by atoms with Crippen molar-refractivity contribution in [3.63, 3.8) is 0 Å². The Hall–Kier alpha value is -3.27. The summed E-state index contributed by atoms with van der Waals surface area (Å²) >= 11 is 0.